The molecule has 11 heteroatoms. The lowest BCUT2D eigenvalue weighted by Gasteiger charge is -2.11. The zero-order chi connectivity index (χ0) is 18.4. The second-order valence-electron chi connectivity index (χ2n) is 4.45. The molecule has 0 aliphatic heterocycles. The van der Waals surface area contributed by atoms with Crippen LogP contribution >= 0.6 is 0 Å². The minimum atomic E-state index is -1.17. The molecule has 0 heterocycles. The molecule has 0 rings (SSSR count). The van der Waals surface area contributed by atoms with Gasteiger partial charge in [-0.25, -0.2) is 0 Å². The third-order valence-electron chi connectivity index (χ3n) is 2.47. The summed E-state index contributed by atoms with van der Waals surface area (Å²) in [5.74, 6) is -3.77. The lowest BCUT2D eigenvalue weighted by Crippen LogP contribution is -2.39. The number of rotatable bonds is 11. The van der Waals surface area contributed by atoms with Gasteiger partial charge in [0, 0.05) is 19.4 Å². The molecular weight excluding hydrogens is 314 g/mol. The Balaban J connectivity index is 0. The van der Waals surface area contributed by atoms with Crippen LogP contribution in [-0.2, 0) is 19.2 Å². The van der Waals surface area contributed by atoms with E-state index in [1.165, 1.54) is 0 Å². The Bertz CT molecular complexity index is 402. The first-order chi connectivity index (χ1) is 10.6. The molecule has 0 aromatic rings. The van der Waals surface area contributed by atoms with Crippen molar-refractivity contribution in [1.82, 2.24) is 5.32 Å². The van der Waals surface area contributed by atoms with Gasteiger partial charge < -0.3 is 37.2 Å². The Hall–Kier alpha value is -2.24. The van der Waals surface area contributed by atoms with Gasteiger partial charge in [0.15, 0.2) is 0 Å². The summed E-state index contributed by atoms with van der Waals surface area (Å²) in [6.07, 6.45) is -0.0573. The van der Waals surface area contributed by atoms with Crippen molar-refractivity contribution >= 4 is 23.8 Å². The zero-order valence-electron chi connectivity index (χ0n) is 12.5. The highest BCUT2D eigenvalue weighted by atomic mass is 16.4. The van der Waals surface area contributed by atoms with E-state index in [2.05, 4.69) is 5.32 Å². The van der Waals surface area contributed by atoms with Gasteiger partial charge in [0.05, 0.1) is 6.61 Å². The second kappa shape index (κ2) is 13.4. The van der Waals surface area contributed by atoms with E-state index < -0.39 is 35.9 Å². The first kappa shape index (κ1) is 23.0. The van der Waals surface area contributed by atoms with Crippen LogP contribution in [0.2, 0.25) is 0 Å². The number of carbonyl (C=O) groups is 4. The summed E-state index contributed by atoms with van der Waals surface area (Å²) in [7, 11) is 0. The monoisotopic (exact) mass is 337 g/mol. The van der Waals surface area contributed by atoms with E-state index in [0.717, 1.165) is 0 Å². The first-order valence-electron chi connectivity index (χ1n) is 6.67. The minimum absolute atomic E-state index is 0.0231. The summed E-state index contributed by atoms with van der Waals surface area (Å²) in [4.78, 5) is 40.7. The molecule has 0 aromatic carbocycles. The Labute approximate surface area is 132 Å². The molecule has 0 aliphatic rings. The molecule has 9 N–H and O–H groups in total. The number of amides is 1. The molecule has 0 saturated carbocycles. The van der Waals surface area contributed by atoms with E-state index in [1.54, 1.807) is 0 Å². The van der Waals surface area contributed by atoms with Crippen molar-refractivity contribution in [3.8, 4) is 0 Å². The summed E-state index contributed by atoms with van der Waals surface area (Å²) in [6, 6.07) is -1.88. The van der Waals surface area contributed by atoms with Crippen molar-refractivity contribution in [3.05, 3.63) is 0 Å². The number of carboxylic acids is 3. The van der Waals surface area contributed by atoms with Gasteiger partial charge in [0.2, 0.25) is 5.91 Å². The molecule has 0 aromatic heterocycles. The fourth-order valence-corrected chi connectivity index (χ4v) is 1.24. The number of aliphatic hydroxyl groups excluding tert-OH is 1. The fraction of sp³-hybridized carbons (Fsp3) is 0.667. The molecule has 0 saturated heterocycles. The van der Waals surface area contributed by atoms with Crippen LogP contribution in [0.1, 0.15) is 25.7 Å². The lowest BCUT2D eigenvalue weighted by atomic mass is 10.1. The van der Waals surface area contributed by atoms with Crippen LogP contribution in [0.5, 0.6) is 0 Å². The van der Waals surface area contributed by atoms with Crippen LogP contribution in [-0.4, -0.2) is 69.5 Å². The number of carbonyl (C=O) groups excluding carboxylic acids is 1. The summed E-state index contributed by atoms with van der Waals surface area (Å²) in [5.41, 5.74) is 9.86. The highest BCUT2D eigenvalue weighted by Gasteiger charge is 2.16. The SMILES string of the molecule is NC(=O)CC[C@H](NCCO)C(=O)O.N[C@@H](CCC(=O)O)C(=O)O. The average Bonchev–Trinajstić information content (AvgIpc) is 2.44. The van der Waals surface area contributed by atoms with E-state index in [9.17, 15) is 19.2 Å². The summed E-state index contributed by atoms with van der Waals surface area (Å²) in [5, 5.41) is 35.9. The highest BCUT2D eigenvalue weighted by molar-refractivity contribution is 5.77. The zero-order valence-corrected chi connectivity index (χ0v) is 12.5. The topological polar surface area (TPSA) is 213 Å². The molecule has 0 fully saturated rings. The van der Waals surface area contributed by atoms with Gasteiger partial charge in [-0.2, -0.15) is 0 Å². The summed E-state index contributed by atoms with van der Waals surface area (Å²) >= 11 is 0. The first-order valence-corrected chi connectivity index (χ1v) is 6.67. The van der Waals surface area contributed by atoms with Crippen LogP contribution in [0, 0.1) is 0 Å². The number of aliphatic carboxylic acids is 3. The molecular formula is C12H23N3O8. The van der Waals surface area contributed by atoms with Gasteiger partial charge in [-0.1, -0.05) is 0 Å². The maximum absolute atomic E-state index is 10.5. The van der Waals surface area contributed by atoms with Gasteiger partial charge >= 0.3 is 17.9 Å². The molecule has 23 heavy (non-hydrogen) atoms. The number of hydrogen-bond acceptors (Lipinski definition) is 7. The Morgan fingerprint density at radius 1 is 0.957 bits per heavy atom. The average molecular weight is 337 g/mol. The maximum Gasteiger partial charge on any atom is 0.320 e. The predicted molar refractivity (Wildman–Crippen MR) is 77.4 cm³/mol. The van der Waals surface area contributed by atoms with E-state index in [0.29, 0.717) is 0 Å². The number of nitrogens with one attached hydrogen (secondary N) is 1. The Kier molecular flexibility index (Phi) is 13.4. The highest BCUT2D eigenvalue weighted by Crippen LogP contribution is 1.96. The molecule has 0 unspecified atom stereocenters. The third-order valence-corrected chi connectivity index (χ3v) is 2.47. The number of hydrogen-bond donors (Lipinski definition) is 7. The van der Waals surface area contributed by atoms with Gasteiger partial charge in [-0.05, 0) is 12.8 Å². The van der Waals surface area contributed by atoms with E-state index in [1.807, 2.05) is 0 Å². The van der Waals surface area contributed by atoms with Crippen LogP contribution in [0.3, 0.4) is 0 Å². The van der Waals surface area contributed by atoms with E-state index >= 15 is 0 Å². The second-order valence-corrected chi connectivity index (χ2v) is 4.45. The third kappa shape index (κ3) is 16.0. The van der Waals surface area contributed by atoms with Gasteiger partial charge in [-0.15, -0.1) is 0 Å². The van der Waals surface area contributed by atoms with Crippen molar-refractivity contribution < 1.29 is 39.6 Å². The number of primary amides is 1. The molecule has 0 radical (unpaired) electrons. The quantitative estimate of drug-likeness (QED) is 0.211. The van der Waals surface area contributed by atoms with Crippen LogP contribution in [0.25, 0.3) is 0 Å². The van der Waals surface area contributed by atoms with Crippen LogP contribution in [0.4, 0.5) is 0 Å². The molecule has 1 amide bonds. The van der Waals surface area contributed by atoms with Crippen molar-refractivity contribution in [2.24, 2.45) is 11.5 Å². The lowest BCUT2D eigenvalue weighted by molar-refractivity contribution is -0.141. The van der Waals surface area contributed by atoms with Gasteiger partial charge in [0.25, 0.3) is 0 Å². The number of aliphatic hydroxyl groups is 1. The minimum Gasteiger partial charge on any atom is -0.481 e. The smallest absolute Gasteiger partial charge is 0.320 e. The molecule has 11 nitrogen and oxygen atoms in total. The van der Waals surface area contributed by atoms with Crippen LogP contribution in [0.15, 0.2) is 0 Å². The molecule has 0 spiro atoms. The van der Waals surface area contributed by atoms with E-state index in [-0.39, 0.29) is 38.8 Å². The normalized spacial score (nSPS) is 12.4. The molecule has 0 bridgehead atoms. The maximum atomic E-state index is 10.5. The van der Waals surface area contributed by atoms with Crippen molar-refractivity contribution in [2.45, 2.75) is 37.8 Å². The molecule has 2 atom stereocenters. The number of carboxylic acid groups (broad SMARTS) is 3. The van der Waals surface area contributed by atoms with Crippen LogP contribution < -0.4 is 16.8 Å². The molecule has 134 valence electrons. The predicted octanol–water partition coefficient (Wildman–Crippen LogP) is -2.45. The Morgan fingerprint density at radius 3 is 1.87 bits per heavy atom. The van der Waals surface area contributed by atoms with Gasteiger partial charge in [0.1, 0.15) is 12.1 Å². The summed E-state index contributed by atoms with van der Waals surface area (Å²) < 4.78 is 0. The van der Waals surface area contributed by atoms with Crippen molar-refractivity contribution in [2.75, 3.05) is 13.2 Å². The van der Waals surface area contributed by atoms with Crippen molar-refractivity contribution in [1.29, 1.82) is 0 Å². The van der Waals surface area contributed by atoms with E-state index in [4.69, 9.17) is 31.9 Å². The Morgan fingerprint density at radius 2 is 1.52 bits per heavy atom. The van der Waals surface area contributed by atoms with Crippen molar-refractivity contribution in [3.63, 3.8) is 0 Å². The largest absolute Gasteiger partial charge is 0.481 e. The van der Waals surface area contributed by atoms with Gasteiger partial charge in [-0.3, -0.25) is 19.2 Å². The number of nitrogens with two attached hydrogens (primary N) is 2. The standard InChI is InChI=1S/C7H14N2O4.C5H9NO4/c8-6(11)2-1-5(7(12)13)9-3-4-10;6-3(5(9)10)1-2-4(7)8/h5,9-10H,1-4H2,(H2,8,11)(H,12,13);3H,1-2,6H2,(H,7,8)(H,9,10)/t5-;3-/m00/s1. The fourth-order valence-electron chi connectivity index (χ4n) is 1.24. The summed E-state index contributed by atoms with van der Waals surface area (Å²) in [6.45, 7) is 0.0517. The molecule has 0 aliphatic carbocycles.